The summed E-state index contributed by atoms with van der Waals surface area (Å²) >= 11 is 9.03. The molecule has 19 heavy (non-hydrogen) atoms. The van der Waals surface area contributed by atoms with Crippen molar-refractivity contribution in [3.05, 3.63) is 51.7 Å². The van der Waals surface area contributed by atoms with Crippen molar-refractivity contribution < 1.29 is 8.42 Å². The minimum absolute atomic E-state index is 0.129. The maximum Gasteiger partial charge on any atom is 0.261 e. The van der Waals surface area contributed by atoms with Gasteiger partial charge in [-0.3, -0.25) is 9.71 Å². The Hall–Kier alpha value is -1.11. The van der Waals surface area contributed by atoms with Crippen LogP contribution in [0.4, 0.5) is 5.69 Å². The largest absolute Gasteiger partial charge is 0.278 e. The van der Waals surface area contributed by atoms with E-state index in [-0.39, 0.29) is 4.90 Å². The number of hydrogen-bond donors (Lipinski definition) is 1. The van der Waals surface area contributed by atoms with Gasteiger partial charge in [0.1, 0.15) is 0 Å². The van der Waals surface area contributed by atoms with Gasteiger partial charge >= 0.3 is 0 Å². The molecule has 0 aliphatic carbocycles. The van der Waals surface area contributed by atoms with Crippen molar-refractivity contribution in [2.24, 2.45) is 0 Å². The Bertz CT molecular complexity index is 702. The molecule has 0 aliphatic heterocycles. The van der Waals surface area contributed by atoms with Gasteiger partial charge in [0.15, 0.2) is 0 Å². The van der Waals surface area contributed by atoms with Gasteiger partial charge in [-0.05, 0) is 53.2 Å². The molecule has 0 fully saturated rings. The zero-order chi connectivity index (χ0) is 14.0. The molecular weight excluding hydrogens is 352 g/mol. The van der Waals surface area contributed by atoms with E-state index in [9.17, 15) is 8.42 Å². The first-order chi connectivity index (χ1) is 8.88. The first-order valence-corrected chi connectivity index (χ1v) is 7.94. The molecule has 0 spiro atoms. The van der Waals surface area contributed by atoms with Crippen molar-refractivity contribution in [1.82, 2.24) is 4.98 Å². The molecule has 1 heterocycles. The molecule has 1 aromatic heterocycles. The molecule has 100 valence electrons. The summed E-state index contributed by atoms with van der Waals surface area (Å²) in [6.45, 7) is 1.83. The predicted octanol–water partition coefficient (Wildman–Crippen LogP) is 3.61. The quantitative estimate of drug-likeness (QED) is 0.908. The molecule has 0 unspecified atom stereocenters. The average Bonchev–Trinajstić information content (AvgIpc) is 2.35. The molecule has 0 atom stereocenters. The van der Waals surface area contributed by atoms with Crippen LogP contribution in [0, 0.1) is 6.92 Å². The zero-order valence-corrected chi connectivity index (χ0v) is 13.1. The third kappa shape index (κ3) is 3.46. The van der Waals surface area contributed by atoms with E-state index in [1.165, 1.54) is 24.4 Å². The summed E-state index contributed by atoms with van der Waals surface area (Å²) in [4.78, 5) is 4.16. The summed E-state index contributed by atoms with van der Waals surface area (Å²) in [5.74, 6) is 0. The molecule has 0 saturated carbocycles. The van der Waals surface area contributed by atoms with Crippen LogP contribution < -0.4 is 4.72 Å². The van der Waals surface area contributed by atoms with E-state index in [2.05, 4.69) is 25.6 Å². The van der Waals surface area contributed by atoms with Gasteiger partial charge in [0.2, 0.25) is 0 Å². The van der Waals surface area contributed by atoms with Crippen LogP contribution >= 0.6 is 27.5 Å². The fourth-order valence-corrected chi connectivity index (χ4v) is 3.10. The number of anilines is 1. The molecule has 1 aromatic carbocycles. The fraction of sp³-hybridized carbons (Fsp3) is 0.0833. The molecule has 7 heteroatoms. The second-order valence-corrected chi connectivity index (χ2v) is 6.81. The first-order valence-electron chi connectivity index (χ1n) is 5.29. The molecular formula is C12H10BrClN2O2S. The Morgan fingerprint density at radius 2 is 2.00 bits per heavy atom. The highest BCUT2D eigenvalue weighted by atomic mass is 79.9. The van der Waals surface area contributed by atoms with Gasteiger partial charge in [0.25, 0.3) is 10.0 Å². The smallest absolute Gasteiger partial charge is 0.261 e. The van der Waals surface area contributed by atoms with Gasteiger partial charge in [0, 0.05) is 10.2 Å². The first kappa shape index (κ1) is 14.3. The molecule has 0 aliphatic rings. The summed E-state index contributed by atoms with van der Waals surface area (Å²) in [6, 6.07) is 7.80. The van der Waals surface area contributed by atoms with E-state index >= 15 is 0 Å². The van der Waals surface area contributed by atoms with E-state index in [4.69, 9.17) is 11.6 Å². The second kappa shape index (κ2) is 5.48. The lowest BCUT2D eigenvalue weighted by Gasteiger charge is -2.08. The standard InChI is InChI=1S/C12H10BrClN2O2S/c1-8-2-3-9(7-15-8)16-19(17,18)10-4-5-12(14)11(13)6-10/h2-7,16H,1H3. The number of pyridine rings is 1. The van der Waals surface area contributed by atoms with E-state index in [1.807, 2.05) is 6.92 Å². The lowest BCUT2D eigenvalue weighted by atomic mass is 10.4. The lowest BCUT2D eigenvalue weighted by Crippen LogP contribution is -2.13. The maximum atomic E-state index is 12.1. The van der Waals surface area contributed by atoms with Crippen LogP contribution in [-0.4, -0.2) is 13.4 Å². The van der Waals surface area contributed by atoms with Gasteiger partial charge in [-0.15, -0.1) is 0 Å². The number of nitrogens with one attached hydrogen (secondary N) is 1. The normalized spacial score (nSPS) is 11.3. The van der Waals surface area contributed by atoms with Gasteiger partial charge in [-0.2, -0.15) is 0 Å². The molecule has 0 amide bonds. The topological polar surface area (TPSA) is 59.1 Å². The Morgan fingerprint density at radius 3 is 2.58 bits per heavy atom. The number of aromatic nitrogens is 1. The van der Waals surface area contributed by atoms with Crippen molar-refractivity contribution in [3.63, 3.8) is 0 Å². The van der Waals surface area contributed by atoms with Crippen LogP contribution in [0.1, 0.15) is 5.69 Å². The SMILES string of the molecule is Cc1ccc(NS(=O)(=O)c2ccc(Cl)c(Br)c2)cn1. The zero-order valence-electron chi connectivity index (χ0n) is 9.89. The highest BCUT2D eigenvalue weighted by Crippen LogP contribution is 2.26. The van der Waals surface area contributed by atoms with E-state index in [0.717, 1.165) is 5.69 Å². The number of halogens is 2. The number of hydrogen-bond acceptors (Lipinski definition) is 3. The highest BCUT2D eigenvalue weighted by molar-refractivity contribution is 9.10. The molecule has 4 nitrogen and oxygen atoms in total. The van der Waals surface area contributed by atoms with Crippen molar-refractivity contribution in [1.29, 1.82) is 0 Å². The summed E-state index contributed by atoms with van der Waals surface area (Å²) < 4.78 is 27.3. The van der Waals surface area contributed by atoms with Crippen LogP contribution in [0.25, 0.3) is 0 Å². The minimum Gasteiger partial charge on any atom is -0.278 e. The van der Waals surface area contributed by atoms with E-state index in [1.54, 1.807) is 12.1 Å². The van der Waals surface area contributed by atoms with Crippen molar-refractivity contribution in [3.8, 4) is 0 Å². The minimum atomic E-state index is -3.64. The third-order valence-electron chi connectivity index (χ3n) is 2.36. The van der Waals surface area contributed by atoms with Crippen LogP contribution in [0.3, 0.4) is 0 Å². The van der Waals surface area contributed by atoms with E-state index < -0.39 is 10.0 Å². The third-order valence-corrected chi connectivity index (χ3v) is 4.96. The second-order valence-electron chi connectivity index (χ2n) is 3.87. The predicted molar refractivity (Wildman–Crippen MR) is 78.9 cm³/mol. The van der Waals surface area contributed by atoms with Gasteiger partial charge in [-0.1, -0.05) is 11.6 Å². The Labute approximate surface area is 125 Å². The summed E-state index contributed by atoms with van der Waals surface area (Å²) in [7, 11) is -3.64. The van der Waals surface area contributed by atoms with Crippen molar-refractivity contribution in [2.45, 2.75) is 11.8 Å². The molecule has 0 radical (unpaired) electrons. The van der Waals surface area contributed by atoms with Crippen molar-refractivity contribution in [2.75, 3.05) is 4.72 Å². The number of aryl methyl sites for hydroxylation is 1. The fourth-order valence-electron chi connectivity index (χ4n) is 1.39. The van der Waals surface area contributed by atoms with E-state index in [0.29, 0.717) is 15.2 Å². The Balaban J connectivity index is 2.32. The van der Waals surface area contributed by atoms with Crippen LogP contribution in [0.5, 0.6) is 0 Å². The maximum absolute atomic E-state index is 12.1. The Kier molecular flexibility index (Phi) is 4.13. The van der Waals surface area contributed by atoms with Gasteiger partial charge in [-0.25, -0.2) is 8.42 Å². The molecule has 2 rings (SSSR count). The van der Waals surface area contributed by atoms with Crippen LogP contribution in [-0.2, 0) is 10.0 Å². The van der Waals surface area contributed by atoms with Gasteiger partial charge in [0.05, 0.1) is 21.8 Å². The summed E-state index contributed by atoms with van der Waals surface area (Å²) in [5, 5.41) is 0.455. The lowest BCUT2D eigenvalue weighted by molar-refractivity contribution is 0.601. The molecule has 2 aromatic rings. The number of rotatable bonds is 3. The van der Waals surface area contributed by atoms with Crippen molar-refractivity contribution >= 4 is 43.2 Å². The molecule has 0 bridgehead atoms. The molecule has 1 N–H and O–H groups in total. The highest BCUT2D eigenvalue weighted by Gasteiger charge is 2.15. The monoisotopic (exact) mass is 360 g/mol. The summed E-state index contributed by atoms with van der Waals surface area (Å²) in [6.07, 6.45) is 1.47. The Morgan fingerprint density at radius 1 is 1.26 bits per heavy atom. The summed E-state index contributed by atoms with van der Waals surface area (Å²) in [5.41, 5.74) is 1.23. The van der Waals surface area contributed by atoms with Gasteiger partial charge < -0.3 is 0 Å². The number of benzene rings is 1. The number of nitrogens with zero attached hydrogens (tertiary/aromatic N) is 1. The molecule has 0 saturated heterocycles. The number of sulfonamides is 1. The van der Waals surface area contributed by atoms with Crippen LogP contribution in [0.15, 0.2) is 45.9 Å². The van der Waals surface area contributed by atoms with Crippen LogP contribution in [0.2, 0.25) is 5.02 Å². The average molecular weight is 362 g/mol.